The molecule has 7 nitrogen and oxygen atoms in total. The SMILES string of the molecule is COC(=O)CC(C)Nc1cc(OC)cc2cc(O)c(=O)[nH]c12. The van der Waals surface area contributed by atoms with E-state index < -0.39 is 5.56 Å². The minimum Gasteiger partial charge on any atom is -0.503 e. The fraction of sp³-hybridized carbons (Fsp3) is 0.333. The Hall–Kier alpha value is -2.70. The number of esters is 1. The van der Waals surface area contributed by atoms with Crippen LogP contribution in [0.1, 0.15) is 13.3 Å². The molecular formula is C15H18N2O5. The van der Waals surface area contributed by atoms with Gasteiger partial charge >= 0.3 is 5.97 Å². The summed E-state index contributed by atoms with van der Waals surface area (Å²) in [5.74, 6) is -0.139. The van der Waals surface area contributed by atoms with Crippen molar-refractivity contribution in [3.05, 3.63) is 28.6 Å². The first-order valence-corrected chi connectivity index (χ1v) is 6.72. The Morgan fingerprint density at radius 1 is 1.36 bits per heavy atom. The number of carbonyl (C=O) groups excluding carboxylic acids is 1. The molecule has 118 valence electrons. The van der Waals surface area contributed by atoms with Crippen LogP contribution in [0.5, 0.6) is 11.5 Å². The van der Waals surface area contributed by atoms with E-state index in [1.165, 1.54) is 20.3 Å². The van der Waals surface area contributed by atoms with Gasteiger partial charge in [0.05, 0.1) is 31.8 Å². The van der Waals surface area contributed by atoms with Crippen LogP contribution in [0.15, 0.2) is 23.0 Å². The highest BCUT2D eigenvalue weighted by Gasteiger charge is 2.13. The molecule has 0 aliphatic rings. The molecule has 0 aliphatic heterocycles. The second kappa shape index (κ2) is 6.38. The van der Waals surface area contributed by atoms with Crippen LogP contribution in [-0.4, -0.2) is 36.3 Å². The Morgan fingerprint density at radius 2 is 2.09 bits per heavy atom. The van der Waals surface area contributed by atoms with E-state index in [0.29, 0.717) is 22.3 Å². The summed E-state index contributed by atoms with van der Waals surface area (Å²) in [5, 5.41) is 13.3. The molecule has 2 aromatic rings. The maximum absolute atomic E-state index is 11.6. The van der Waals surface area contributed by atoms with Gasteiger partial charge in [-0.05, 0) is 19.1 Å². The first-order chi connectivity index (χ1) is 10.4. The molecule has 1 aromatic carbocycles. The predicted octanol–water partition coefficient (Wildman–Crippen LogP) is 1.61. The molecule has 2 rings (SSSR count). The molecule has 1 atom stereocenters. The van der Waals surface area contributed by atoms with Crippen molar-refractivity contribution in [1.29, 1.82) is 0 Å². The van der Waals surface area contributed by atoms with Crippen molar-refractivity contribution in [2.24, 2.45) is 0 Å². The van der Waals surface area contributed by atoms with Crippen LogP contribution in [0.25, 0.3) is 10.9 Å². The molecule has 1 unspecified atom stereocenters. The van der Waals surface area contributed by atoms with Gasteiger partial charge in [-0.15, -0.1) is 0 Å². The lowest BCUT2D eigenvalue weighted by molar-refractivity contribution is -0.140. The van der Waals surface area contributed by atoms with Crippen LogP contribution in [-0.2, 0) is 9.53 Å². The highest BCUT2D eigenvalue weighted by Crippen LogP contribution is 2.29. The number of nitrogens with one attached hydrogen (secondary N) is 2. The van der Waals surface area contributed by atoms with Gasteiger partial charge in [-0.3, -0.25) is 9.59 Å². The summed E-state index contributed by atoms with van der Waals surface area (Å²) in [4.78, 5) is 25.5. The van der Waals surface area contributed by atoms with Crippen molar-refractivity contribution in [3.63, 3.8) is 0 Å². The maximum Gasteiger partial charge on any atom is 0.307 e. The van der Waals surface area contributed by atoms with Crippen molar-refractivity contribution in [1.82, 2.24) is 4.98 Å². The number of carbonyl (C=O) groups is 1. The average Bonchev–Trinajstić information content (AvgIpc) is 2.48. The highest BCUT2D eigenvalue weighted by atomic mass is 16.5. The molecule has 0 bridgehead atoms. The third-order valence-corrected chi connectivity index (χ3v) is 3.24. The van der Waals surface area contributed by atoms with Crippen LogP contribution in [0, 0.1) is 0 Å². The summed E-state index contributed by atoms with van der Waals surface area (Å²) in [6, 6.07) is 4.57. The summed E-state index contributed by atoms with van der Waals surface area (Å²) in [6.07, 6.45) is 0.178. The number of pyridine rings is 1. The van der Waals surface area contributed by atoms with E-state index in [4.69, 9.17) is 4.74 Å². The van der Waals surface area contributed by atoms with Crippen molar-refractivity contribution in [2.45, 2.75) is 19.4 Å². The summed E-state index contributed by atoms with van der Waals surface area (Å²) in [5.41, 5.74) is 0.546. The highest BCUT2D eigenvalue weighted by molar-refractivity contribution is 5.92. The lowest BCUT2D eigenvalue weighted by Crippen LogP contribution is -2.21. The normalized spacial score (nSPS) is 12.0. The average molecular weight is 306 g/mol. The molecule has 1 aromatic heterocycles. The quantitative estimate of drug-likeness (QED) is 0.726. The number of fused-ring (bicyclic) bond motifs is 1. The van der Waals surface area contributed by atoms with Crippen molar-refractivity contribution in [3.8, 4) is 11.5 Å². The first kappa shape index (κ1) is 15.7. The minimum absolute atomic E-state index is 0.178. The molecule has 22 heavy (non-hydrogen) atoms. The number of hydrogen-bond donors (Lipinski definition) is 3. The number of benzene rings is 1. The van der Waals surface area contributed by atoms with Gasteiger partial charge in [0.1, 0.15) is 5.75 Å². The topological polar surface area (TPSA) is 101 Å². The van der Waals surface area contributed by atoms with Crippen LogP contribution < -0.4 is 15.6 Å². The van der Waals surface area contributed by atoms with Gasteiger partial charge in [-0.1, -0.05) is 0 Å². The fourth-order valence-electron chi connectivity index (χ4n) is 2.16. The van der Waals surface area contributed by atoms with E-state index in [2.05, 4.69) is 15.0 Å². The largest absolute Gasteiger partial charge is 0.503 e. The molecule has 0 saturated carbocycles. The number of rotatable bonds is 5. The number of aromatic nitrogens is 1. The molecule has 7 heteroatoms. The van der Waals surface area contributed by atoms with Crippen LogP contribution in [0.4, 0.5) is 5.69 Å². The van der Waals surface area contributed by atoms with Crippen molar-refractivity contribution in [2.75, 3.05) is 19.5 Å². The number of ether oxygens (including phenoxy) is 2. The van der Waals surface area contributed by atoms with Gasteiger partial charge in [0.25, 0.3) is 5.56 Å². The van der Waals surface area contributed by atoms with E-state index in [1.807, 2.05) is 6.92 Å². The second-order valence-electron chi connectivity index (χ2n) is 4.95. The Balaban J connectivity index is 2.44. The summed E-state index contributed by atoms with van der Waals surface area (Å²) in [6.45, 7) is 1.82. The monoisotopic (exact) mass is 306 g/mol. The van der Waals surface area contributed by atoms with Crippen molar-refractivity contribution >= 4 is 22.6 Å². The first-order valence-electron chi connectivity index (χ1n) is 6.72. The standard InChI is InChI=1S/C15H18N2O5/c1-8(4-13(19)22-3)16-11-7-10(21-2)5-9-6-12(18)15(20)17-14(9)11/h5-8,16,18H,4H2,1-3H3,(H,17,20). The third kappa shape index (κ3) is 3.30. The van der Waals surface area contributed by atoms with Gasteiger partial charge in [0, 0.05) is 17.5 Å². The number of H-pyrrole nitrogens is 1. The van der Waals surface area contributed by atoms with Gasteiger partial charge < -0.3 is 24.9 Å². The minimum atomic E-state index is -0.582. The van der Waals surface area contributed by atoms with Gasteiger partial charge in [0.2, 0.25) is 0 Å². The zero-order chi connectivity index (χ0) is 16.3. The van der Waals surface area contributed by atoms with Gasteiger partial charge in [0.15, 0.2) is 5.75 Å². The van der Waals surface area contributed by atoms with Crippen LogP contribution in [0.3, 0.4) is 0 Å². The summed E-state index contributed by atoms with van der Waals surface area (Å²) < 4.78 is 9.84. The predicted molar refractivity (Wildman–Crippen MR) is 82.5 cm³/mol. The Morgan fingerprint density at radius 3 is 2.73 bits per heavy atom. The fourth-order valence-corrected chi connectivity index (χ4v) is 2.16. The molecule has 0 amide bonds. The molecule has 1 heterocycles. The lowest BCUT2D eigenvalue weighted by Gasteiger charge is -2.17. The molecule has 0 fully saturated rings. The Kier molecular flexibility index (Phi) is 4.55. The lowest BCUT2D eigenvalue weighted by atomic mass is 10.1. The van der Waals surface area contributed by atoms with Gasteiger partial charge in [-0.2, -0.15) is 0 Å². The summed E-state index contributed by atoms with van der Waals surface area (Å²) >= 11 is 0. The summed E-state index contributed by atoms with van der Waals surface area (Å²) in [7, 11) is 2.85. The molecular weight excluding hydrogens is 288 g/mol. The molecule has 3 N–H and O–H groups in total. The maximum atomic E-state index is 11.6. The van der Waals surface area contributed by atoms with E-state index in [-0.39, 0.29) is 24.2 Å². The molecule has 0 saturated heterocycles. The van der Waals surface area contributed by atoms with Gasteiger partial charge in [-0.25, -0.2) is 0 Å². The molecule has 0 radical (unpaired) electrons. The number of aromatic amines is 1. The Labute approximate surface area is 126 Å². The van der Waals surface area contributed by atoms with Crippen molar-refractivity contribution < 1.29 is 19.4 Å². The zero-order valence-corrected chi connectivity index (χ0v) is 12.6. The molecule has 0 aliphatic carbocycles. The second-order valence-corrected chi connectivity index (χ2v) is 4.95. The number of methoxy groups -OCH3 is 2. The van der Waals surface area contributed by atoms with E-state index in [1.54, 1.807) is 12.1 Å². The van der Waals surface area contributed by atoms with E-state index in [0.717, 1.165) is 0 Å². The van der Waals surface area contributed by atoms with Crippen LogP contribution >= 0.6 is 0 Å². The van der Waals surface area contributed by atoms with E-state index >= 15 is 0 Å². The number of anilines is 1. The third-order valence-electron chi connectivity index (χ3n) is 3.24. The van der Waals surface area contributed by atoms with E-state index in [9.17, 15) is 14.7 Å². The zero-order valence-electron chi connectivity index (χ0n) is 12.6. The molecule has 0 spiro atoms. The smallest absolute Gasteiger partial charge is 0.307 e. The number of hydrogen-bond acceptors (Lipinski definition) is 6. The Bertz CT molecular complexity index is 753. The number of aromatic hydroxyl groups is 1. The van der Waals surface area contributed by atoms with Crippen LogP contribution in [0.2, 0.25) is 0 Å².